The highest BCUT2D eigenvalue weighted by atomic mass is 35.5. The molecular weight excluding hydrogens is 384 g/mol. The number of halogens is 1. The Labute approximate surface area is 175 Å². The predicted octanol–water partition coefficient (Wildman–Crippen LogP) is 3.73. The minimum Gasteiger partial charge on any atom is -0.393 e. The molecule has 5 rings (SSSR count). The van der Waals surface area contributed by atoms with E-state index in [0.29, 0.717) is 5.69 Å². The van der Waals surface area contributed by atoms with Gasteiger partial charge in [-0.3, -0.25) is 0 Å². The third-order valence-corrected chi connectivity index (χ3v) is 5.97. The number of rotatable bonds is 3. The molecule has 0 saturated carbocycles. The number of anilines is 5. The van der Waals surface area contributed by atoms with Crippen LogP contribution in [0.3, 0.4) is 0 Å². The number of para-hydroxylation sites is 1. The smallest absolute Gasteiger partial charge is 0.161 e. The maximum atomic E-state index is 6.58. The first-order chi connectivity index (χ1) is 14.2. The molecule has 3 aromatic rings. The predicted molar refractivity (Wildman–Crippen MR) is 119 cm³/mol. The quantitative estimate of drug-likeness (QED) is 0.715. The van der Waals surface area contributed by atoms with Gasteiger partial charge in [0.1, 0.15) is 12.0 Å². The standard InChI is InChI=1S/C22H23ClN6/c23-17-5-3-6-18(14-17)27-10-12-28(13-11-27)21-20(24)22(26-15-25-21)29-9-8-16-4-1-2-7-19(16)29/h1-7,14-15H,8-13,24H2. The van der Waals surface area contributed by atoms with E-state index in [-0.39, 0.29) is 0 Å². The summed E-state index contributed by atoms with van der Waals surface area (Å²) in [6.45, 7) is 4.38. The molecule has 0 amide bonds. The van der Waals surface area contributed by atoms with Gasteiger partial charge in [-0.15, -0.1) is 0 Å². The minimum atomic E-state index is 0.653. The van der Waals surface area contributed by atoms with E-state index in [9.17, 15) is 0 Å². The van der Waals surface area contributed by atoms with Gasteiger partial charge in [-0.05, 0) is 36.2 Å². The molecule has 3 heterocycles. The lowest BCUT2D eigenvalue weighted by Crippen LogP contribution is -2.47. The molecule has 1 fully saturated rings. The highest BCUT2D eigenvalue weighted by Gasteiger charge is 2.26. The van der Waals surface area contributed by atoms with E-state index in [4.69, 9.17) is 17.3 Å². The van der Waals surface area contributed by atoms with Crippen LogP contribution in [0.2, 0.25) is 5.02 Å². The Morgan fingerprint density at radius 1 is 0.828 bits per heavy atom. The monoisotopic (exact) mass is 406 g/mol. The summed E-state index contributed by atoms with van der Waals surface area (Å²) in [5.74, 6) is 1.63. The average Bonchev–Trinajstić information content (AvgIpc) is 3.18. The third kappa shape index (κ3) is 3.34. The van der Waals surface area contributed by atoms with Crippen LogP contribution in [-0.2, 0) is 6.42 Å². The van der Waals surface area contributed by atoms with Gasteiger partial charge >= 0.3 is 0 Å². The van der Waals surface area contributed by atoms with Crippen LogP contribution >= 0.6 is 11.6 Å². The molecule has 148 valence electrons. The number of hydrogen-bond acceptors (Lipinski definition) is 6. The Morgan fingerprint density at radius 2 is 1.59 bits per heavy atom. The van der Waals surface area contributed by atoms with E-state index in [1.54, 1.807) is 6.33 Å². The maximum absolute atomic E-state index is 6.58. The van der Waals surface area contributed by atoms with Crippen molar-refractivity contribution in [2.24, 2.45) is 0 Å². The van der Waals surface area contributed by atoms with Gasteiger partial charge in [-0.2, -0.15) is 0 Å². The Balaban J connectivity index is 1.36. The fourth-order valence-corrected chi connectivity index (χ4v) is 4.44. The summed E-state index contributed by atoms with van der Waals surface area (Å²) in [5, 5.41) is 0.764. The van der Waals surface area contributed by atoms with Crippen LogP contribution in [0.4, 0.5) is 28.7 Å². The van der Waals surface area contributed by atoms with Gasteiger partial charge in [0.25, 0.3) is 0 Å². The Morgan fingerprint density at radius 3 is 2.41 bits per heavy atom. The molecule has 2 aliphatic rings. The zero-order valence-electron chi connectivity index (χ0n) is 16.1. The molecule has 0 bridgehead atoms. The first kappa shape index (κ1) is 18.1. The van der Waals surface area contributed by atoms with Crippen molar-refractivity contribution in [2.75, 3.05) is 53.2 Å². The van der Waals surface area contributed by atoms with Gasteiger partial charge in [0.2, 0.25) is 0 Å². The molecule has 1 aromatic heterocycles. The van der Waals surface area contributed by atoms with Crippen LogP contribution in [0.25, 0.3) is 0 Å². The lowest BCUT2D eigenvalue weighted by molar-refractivity contribution is 0.647. The van der Waals surface area contributed by atoms with Gasteiger partial charge in [0.15, 0.2) is 11.6 Å². The number of nitrogens with two attached hydrogens (primary N) is 1. The Bertz CT molecular complexity index is 1030. The van der Waals surface area contributed by atoms with Crippen molar-refractivity contribution in [3.8, 4) is 0 Å². The van der Waals surface area contributed by atoms with E-state index >= 15 is 0 Å². The lowest BCUT2D eigenvalue weighted by atomic mass is 10.2. The molecule has 2 aliphatic heterocycles. The van der Waals surface area contributed by atoms with Gasteiger partial charge in [-0.25, -0.2) is 9.97 Å². The summed E-state index contributed by atoms with van der Waals surface area (Å²) in [7, 11) is 0. The van der Waals surface area contributed by atoms with E-state index < -0.39 is 0 Å². The zero-order valence-corrected chi connectivity index (χ0v) is 16.9. The topological polar surface area (TPSA) is 61.5 Å². The molecule has 0 spiro atoms. The first-order valence-electron chi connectivity index (χ1n) is 9.92. The van der Waals surface area contributed by atoms with Crippen molar-refractivity contribution in [2.45, 2.75) is 6.42 Å². The Kier molecular flexibility index (Phi) is 4.64. The number of nitrogens with zero attached hydrogens (tertiary/aromatic N) is 5. The molecule has 0 unspecified atom stereocenters. The first-order valence-corrected chi connectivity index (χ1v) is 10.3. The summed E-state index contributed by atoms with van der Waals surface area (Å²) < 4.78 is 0. The second kappa shape index (κ2) is 7.44. The molecule has 29 heavy (non-hydrogen) atoms. The molecule has 0 aliphatic carbocycles. The maximum Gasteiger partial charge on any atom is 0.161 e. The van der Waals surface area contributed by atoms with Gasteiger partial charge in [-0.1, -0.05) is 35.9 Å². The molecule has 2 aromatic carbocycles. The summed E-state index contributed by atoms with van der Waals surface area (Å²) >= 11 is 6.15. The van der Waals surface area contributed by atoms with Crippen LogP contribution in [-0.4, -0.2) is 42.7 Å². The normalized spacial score (nSPS) is 16.2. The molecule has 1 saturated heterocycles. The number of benzene rings is 2. The number of piperazine rings is 1. The van der Waals surface area contributed by atoms with Crippen LogP contribution in [0.5, 0.6) is 0 Å². The second-order valence-electron chi connectivity index (χ2n) is 7.42. The Hall–Kier alpha value is -2.99. The fourth-order valence-electron chi connectivity index (χ4n) is 4.25. The van der Waals surface area contributed by atoms with Crippen molar-refractivity contribution in [1.82, 2.24) is 9.97 Å². The highest BCUT2D eigenvalue weighted by Crippen LogP contribution is 2.38. The largest absolute Gasteiger partial charge is 0.393 e. The highest BCUT2D eigenvalue weighted by molar-refractivity contribution is 6.30. The SMILES string of the molecule is Nc1c(N2CCN(c3cccc(Cl)c3)CC2)ncnc1N1CCc2ccccc21. The van der Waals surface area contributed by atoms with E-state index in [1.165, 1.54) is 11.3 Å². The number of hydrogen-bond donors (Lipinski definition) is 1. The summed E-state index contributed by atoms with van der Waals surface area (Å²) in [4.78, 5) is 15.9. The van der Waals surface area contributed by atoms with Gasteiger partial charge in [0, 0.05) is 49.1 Å². The third-order valence-electron chi connectivity index (χ3n) is 5.74. The number of nitrogen functional groups attached to an aromatic ring is 1. The van der Waals surface area contributed by atoms with Gasteiger partial charge < -0.3 is 20.4 Å². The number of fused-ring (bicyclic) bond motifs is 1. The molecule has 0 radical (unpaired) electrons. The summed E-state index contributed by atoms with van der Waals surface area (Å²) in [6.07, 6.45) is 2.64. The van der Waals surface area contributed by atoms with Crippen molar-refractivity contribution >= 4 is 40.3 Å². The fraction of sp³-hybridized carbons (Fsp3) is 0.273. The zero-order chi connectivity index (χ0) is 19.8. The van der Waals surface area contributed by atoms with Crippen molar-refractivity contribution in [3.05, 3.63) is 65.4 Å². The minimum absolute atomic E-state index is 0.653. The van der Waals surface area contributed by atoms with Crippen LogP contribution < -0.4 is 20.4 Å². The van der Waals surface area contributed by atoms with E-state index in [1.807, 2.05) is 18.2 Å². The summed E-state index contributed by atoms with van der Waals surface area (Å²) in [6, 6.07) is 16.5. The molecule has 0 atom stereocenters. The van der Waals surface area contributed by atoms with E-state index in [0.717, 1.165) is 61.5 Å². The van der Waals surface area contributed by atoms with Crippen molar-refractivity contribution in [3.63, 3.8) is 0 Å². The second-order valence-corrected chi connectivity index (χ2v) is 7.86. The molecule has 6 nitrogen and oxygen atoms in total. The lowest BCUT2D eigenvalue weighted by Gasteiger charge is -2.37. The van der Waals surface area contributed by atoms with E-state index in [2.05, 4.69) is 55.0 Å². The number of aromatic nitrogens is 2. The van der Waals surface area contributed by atoms with Gasteiger partial charge in [0.05, 0.1) is 0 Å². The van der Waals surface area contributed by atoms with Crippen molar-refractivity contribution in [1.29, 1.82) is 0 Å². The molecule has 7 heteroatoms. The average molecular weight is 407 g/mol. The molecular formula is C22H23ClN6. The molecule has 2 N–H and O–H groups in total. The summed E-state index contributed by atoms with van der Waals surface area (Å²) in [5.41, 5.74) is 10.9. The van der Waals surface area contributed by atoms with Crippen LogP contribution in [0, 0.1) is 0 Å². The van der Waals surface area contributed by atoms with Crippen LogP contribution in [0.1, 0.15) is 5.56 Å². The van der Waals surface area contributed by atoms with Crippen molar-refractivity contribution < 1.29 is 0 Å². The van der Waals surface area contributed by atoms with Crippen LogP contribution in [0.15, 0.2) is 54.9 Å².